The van der Waals surface area contributed by atoms with Crippen molar-refractivity contribution in [2.45, 2.75) is 13.3 Å². The summed E-state index contributed by atoms with van der Waals surface area (Å²) < 4.78 is 5.25. The minimum Gasteiger partial charge on any atom is -0.495 e. The highest BCUT2D eigenvalue weighted by molar-refractivity contribution is 6.53. The number of aryl methyl sites for hydroxylation is 1. The quantitative estimate of drug-likeness (QED) is 0.404. The second kappa shape index (κ2) is 10.2. The molecule has 0 spiro atoms. The Morgan fingerprint density at radius 1 is 0.971 bits per heavy atom. The highest BCUT2D eigenvalue weighted by Crippen LogP contribution is 2.32. The van der Waals surface area contributed by atoms with Gasteiger partial charge in [0, 0.05) is 16.3 Å². The van der Waals surface area contributed by atoms with E-state index in [1.807, 2.05) is 19.1 Å². The van der Waals surface area contributed by atoms with Crippen molar-refractivity contribution in [1.29, 1.82) is 0 Å². The van der Waals surface area contributed by atoms with Crippen LogP contribution in [0.3, 0.4) is 0 Å². The van der Waals surface area contributed by atoms with E-state index in [2.05, 4.69) is 10.6 Å². The second-order valence-electron chi connectivity index (χ2n) is 7.62. The number of carbonyl (C=O) groups excluding carboxylic acids is 3. The SMILES string of the molecule is CCc1ccccc1N1C(=O)C(Cl)=C(Nc2ccc(C(=O)Nc3cc(Cl)ccc3OC)cc2)C1=O. The normalized spacial score (nSPS) is 13.3. The Morgan fingerprint density at radius 2 is 1.69 bits per heavy atom. The predicted molar refractivity (Wildman–Crippen MR) is 137 cm³/mol. The van der Waals surface area contributed by atoms with Crippen molar-refractivity contribution < 1.29 is 19.1 Å². The molecule has 4 rings (SSSR count). The molecule has 35 heavy (non-hydrogen) atoms. The first-order valence-electron chi connectivity index (χ1n) is 10.7. The largest absolute Gasteiger partial charge is 0.495 e. The van der Waals surface area contributed by atoms with Gasteiger partial charge in [0.25, 0.3) is 17.7 Å². The first-order chi connectivity index (χ1) is 16.8. The maximum atomic E-state index is 13.1. The zero-order chi connectivity index (χ0) is 25.1. The Labute approximate surface area is 212 Å². The van der Waals surface area contributed by atoms with Crippen molar-refractivity contribution in [3.63, 3.8) is 0 Å². The smallest absolute Gasteiger partial charge is 0.283 e. The molecule has 1 heterocycles. The fourth-order valence-electron chi connectivity index (χ4n) is 3.68. The van der Waals surface area contributed by atoms with Gasteiger partial charge in [-0.05, 0) is 60.5 Å². The molecule has 0 atom stereocenters. The maximum Gasteiger partial charge on any atom is 0.283 e. The van der Waals surface area contributed by atoms with E-state index in [4.69, 9.17) is 27.9 Å². The van der Waals surface area contributed by atoms with Crippen molar-refractivity contribution in [2.24, 2.45) is 0 Å². The Kier molecular flexibility index (Phi) is 7.10. The second-order valence-corrected chi connectivity index (χ2v) is 8.43. The molecule has 0 bridgehead atoms. The first-order valence-corrected chi connectivity index (χ1v) is 11.5. The van der Waals surface area contributed by atoms with Gasteiger partial charge in [-0.3, -0.25) is 14.4 Å². The standard InChI is InChI=1S/C26H21Cl2N3O4/c1-3-15-6-4-5-7-20(15)31-25(33)22(28)23(26(31)34)29-18-11-8-16(9-12-18)24(32)30-19-14-17(27)10-13-21(19)35-2/h4-14,29H,3H2,1-2H3,(H,30,32). The average molecular weight is 510 g/mol. The van der Waals surface area contributed by atoms with Crippen LogP contribution in [0, 0.1) is 0 Å². The van der Waals surface area contributed by atoms with Gasteiger partial charge in [0.05, 0.1) is 18.5 Å². The van der Waals surface area contributed by atoms with E-state index in [1.165, 1.54) is 7.11 Å². The van der Waals surface area contributed by atoms with Crippen LogP contribution in [0.4, 0.5) is 17.1 Å². The van der Waals surface area contributed by atoms with Gasteiger partial charge in [0.2, 0.25) is 0 Å². The number of benzene rings is 3. The van der Waals surface area contributed by atoms with Crippen LogP contribution < -0.4 is 20.3 Å². The number of hydrogen-bond donors (Lipinski definition) is 2. The van der Waals surface area contributed by atoms with E-state index in [1.54, 1.807) is 54.6 Å². The van der Waals surface area contributed by atoms with Crippen molar-refractivity contribution in [1.82, 2.24) is 0 Å². The van der Waals surface area contributed by atoms with Gasteiger partial charge in [-0.2, -0.15) is 0 Å². The Morgan fingerprint density at radius 3 is 2.37 bits per heavy atom. The Balaban J connectivity index is 1.51. The number of halogens is 2. The van der Waals surface area contributed by atoms with Crippen LogP contribution in [-0.2, 0) is 16.0 Å². The fourth-order valence-corrected chi connectivity index (χ4v) is 4.06. The first kappa shape index (κ1) is 24.3. The lowest BCUT2D eigenvalue weighted by Crippen LogP contribution is -2.33. The lowest BCUT2D eigenvalue weighted by Gasteiger charge is -2.18. The van der Waals surface area contributed by atoms with Gasteiger partial charge < -0.3 is 15.4 Å². The van der Waals surface area contributed by atoms with Crippen LogP contribution >= 0.6 is 23.2 Å². The maximum absolute atomic E-state index is 13.1. The summed E-state index contributed by atoms with van der Waals surface area (Å²) in [4.78, 5) is 39.6. The third-order valence-corrected chi connectivity index (χ3v) is 6.05. The molecule has 3 amide bonds. The molecular weight excluding hydrogens is 489 g/mol. The molecule has 1 aliphatic rings. The van der Waals surface area contributed by atoms with E-state index in [0.717, 1.165) is 10.5 Å². The lowest BCUT2D eigenvalue weighted by atomic mass is 10.1. The number of nitrogens with one attached hydrogen (secondary N) is 2. The number of imide groups is 1. The molecule has 9 heteroatoms. The number of nitrogens with zero attached hydrogens (tertiary/aromatic N) is 1. The summed E-state index contributed by atoms with van der Waals surface area (Å²) in [7, 11) is 1.50. The molecule has 0 fully saturated rings. The molecule has 0 saturated carbocycles. The molecule has 2 N–H and O–H groups in total. The number of hydrogen-bond acceptors (Lipinski definition) is 5. The molecule has 3 aromatic rings. The van der Waals surface area contributed by atoms with E-state index >= 15 is 0 Å². The number of amides is 3. The lowest BCUT2D eigenvalue weighted by molar-refractivity contribution is -0.120. The molecule has 0 aromatic heterocycles. The van der Waals surface area contributed by atoms with E-state index in [9.17, 15) is 14.4 Å². The van der Waals surface area contributed by atoms with E-state index in [-0.39, 0.29) is 16.6 Å². The highest BCUT2D eigenvalue weighted by atomic mass is 35.5. The molecule has 178 valence electrons. The van der Waals surface area contributed by atoms with Crippen LogP contribution in [0.15, 0.2) is 77.5 Å². The predicted octanol–water partition coefficient (Wildman–Crippen LogP) is 5.60. The summed E-state index contributed by atoms with van der Waals surface area (Å²) in [5, 5.41) is 5.93. The zero-order valence-corrected chi connectivity index (χ0v) is 20.4. The van der Waals surface area contributed by atoms with Crippen molar-refractivity contribution in [3.05, 3.63) is 93.6 Å². The molecule has 0 unspecified atom stereocenters. The number of carbonyl (C=O) groups is 3. The van der Waals surface area contributed by atoms with Gasteiger partial charge >= 0.3 is 0 Å². The summed E-state index contributed by atoms with van der Waals surface area (Å²) >= 11 is 12.3. The zero-order valence-electron chi connectivity index (χ0n) is 18.9. The summed E-state index contributed by atoms with van der Waals surface area (Å²) in [5.74, 6) is -1.03. The molecule has 0 radical (unpaired) electrons. The molecule has 3 aromatic carbocycles. The fraction of sp³-hybridized carbons (Fsp3) is 0.115. The summed E-state index contributed by atoms with van der Waals surface area (Å²) in [6.45, 7) is 1.94. The van der Waals surface area contributed by atoms with E-state index < -0.39 is 11.8 Å². The van der Waals surface area contributed by atoms with Gasteiger partial charge in [0.15, 0.2) is 0 Å². The van der Waals surface area contributed by atoms with Gasteiger partial charge in [-0.25, -0.2) is 4.90 Å². The number of rotatable bonds is 7. The van der Waals surface area contributed by atoms with Gasteiger partial charge in [0.1, 0.15) is 16.5 Å². The van der Waals surface area contributed by atoms with Crippen molar-refractivity contribution >= 4 is 58.0 Å². The molecule has 7 nitrogen and oxygen atoms in total. The number of anilines is 3. The molecule has 0 aliphatic carbocycles. The van der Waals surface area contributed by atoms with Crippen LogP contribution in [-0.4, -0.2) is 24.8 Å². The van der Waals surface area contributed by atoms with E-state index in [0.29, 0.717) is 39.8 Å². The summed E-state index contributed by atoms with van der Waals surface area (Å²) in [6, 6.07) is 18.5. The monoisotopic (exact) mass is 509 g/mol. The number of ether oxygens (including phenoxy) is 1. The molecule has 0 saturated heterocycles. The Bertz CT molecular complexity index is 1350. The number of para-hydroxylation sites is 1. The van der Waals surface area contributed by atoms with Crippen LogP contribution in [0.5, 0.6) is 5.75 Å². The Hall–Kier alpha value is -3.81. The molecule has 1 aliphatic heterocycles. The van der Waals surface area contributed by atoms with Gasteiger partial charge in [-0.1, -0.05) is 48.3 Å². The van der Waals surface area contributed by atoms with Crippen molar-refractivity contribution in [2.75, 3.05) is 22.6 Å². The third-order valence-electron chi connectivity index (χ3n) is 5.47. The highest BCUT2D eigenvalue weighted by Gasteiger charge is 2.39. The van der Waals surface area contributed by atoms with Crippen LogP contribution in [0.25, 0.3) is 0 Å². The minimum atomic E-state index is -0.591. The van der Waals surface area contributed by atoms with Crippen LogP contribution in [0.2, 0.25) is 5.02 Å². The summed E-state index contributed by atoms with van der Waals surface area (Å²) in [6.07, 6.45) is 0.651. The topological polar surface area (TPSA) is 87.7 Å². The summed E-state index contributed by atoms with van der Waals surface area (Å²) in [5.41, 5.74) is 2.62. The number of methoxy groups -OCH3 is 1. The van der Waals surface area contributed by atoms with Crippen LogP contribution in [0.1, 0.15) is 22.8 Å². The van der Waals surface area contributed by atoms with Crippen molar-refractivity contribution in [3.8, 4) is 5.75 Å². The minimum absolute atomic E-state index is 0.0246. The van der Waals surface area contributed by atoms with Gasteiger partial charge in [-0.15, -0.1) is 0 Å². The average Bonchev–Trinajstić information content (AvgIpc) is 3.07. The molecular formula is C26H21Cl2N3O4. The third kappa shape index (κ3) is 4.87.